The van der Waals surface area contributed by atoms with E-state index in [0.29, 0.717) is 11.7 Å². The molecule has 0 spiro atoms. The molecule has 2 aromatic heterocycles. The summed E-state index contributed by atoms with van der Waals surface area (Å²) in [5.41, 5.74) is 3.85. The Balaban J connectivity index is 1.63. The molecule has 0 bridgehead atoms. The Morgan fingerprint density at radius 1 is 1.15 bits per heavy atom. The first-order chi connectivity index (χ1) is 9.85. The number of aromatic nitrogens is 3. The highest BCUT2D eigenvalue weighted by Crippen LogP contribution is 2.38. The van der Waals surface area contributed by atoms with Gasteiger partial charge in [-0.3, -0.25) is 4.98 Å². The van der Waals surface area contributed by atoms with Crippen molar-refractivity contribution in [2.24, 2.45) is 5.84 Å². The Bertz CT molecular complexity index is 567. The highest BCUT2D eigenvalue weighted by molar-refractivity contribution is 5.47. The van der Waals surface area contributed by atoms with E-state index in [-0.39, 0.29) is 0 Å². The van der Waals surface area contributed by atoms with Crippen molar-refractivity contribution < 1.29 is 0 Å². The van der Waals surface area contributed by atoms with Crippen LogP contribution >= 0.6 is 0 Å². The Kier molecular flexibility index (Phi) is 3.73. The largest absolute Gasteiger partial charge is 0.370 e. The van der Waals surface area contributed by atoms with Crippen molar-refractivity contribution in [2.75, 3.05) is 17.3 Å². The molecule has 0 atom stereocenters. The molecule has 104 valence electrons. The highest BCUT2D eigenvalue weighted by atomic mass is 15.3. The van der Waals surface area contributed by atoms with Crippen LogP contribution in [0.15, 0.2) is 30.6 Å². The summed E-state index contributed by atoms with van der Waals surface area (Å²) in [6, 6.07) is 5.87. The van der Waals surface area contributed by atoms with Gasteiger partial charge in [0.2, 0.25) is 0 Å². The highest BCUT2D eigenvalue weighted by Gasteiger charge is 2.27. The predicted octanol–water partition coefficient (Wildman–Crippen LogP) is 1.69. The fourth-order valence-corrected chi connectivity index (χ4v) is 2.04. The number of nitrogens with two attached hydrogens (primary N) is 1. The molecule has 4 N–H and O–H groups in total. The third-order valence-electron chi connectivity index (χ3n) is 3.30. The zero-order valence-electron chi connectivity index (χ0n) is 11.2. The molecule has 1 aliphatic carbocycles. The minimum atomic E-state index is 0.504. The van der Waals surface area contributed by atoms with Crippen LogP contribution in [0.5, 0.6) is 0 Å². The summed E-state index contributed by atoms with van der Waals surface area (Å²) >= 11 is 0. The van der Waals surface area contributed by atoms with E-state index >= 15 is 0 Å². The molecule has 0 amide bonds. The predicted molar refractivity (Wildman–Crippen MR) is 78.2 cm³/mol. The van der Waals surface area contributed by atoms with E-state index in [0.717, 1.165) is 24.6 Å². The van der Waals surface area contributed by atoms with Crippen LogP contribution in [0.2, 0.25) is 0 Å². The van der Waals surface area contributed by atoms with Crippen LogP contribution in [-0.2, 0) is 6.42 Å². The minimum Gasteiger partial charge on any atom is -0.370 e. The molecule has 1 fully saturated rings. The van der Waals surface area contributed by atoms with Crippen LogP contribution in [0.4, 0.5) is 11.6 Å². The SMILES string of the molecule is NNc1cc(NCCc2ccncc2)nc(C2CC2)n1. The first-order valence-electron chi connectivity index (χ1n) is 6.83. The van der Waals surface area contributed by atoms with Gasteiger partial charge >= 0.3 is 0 Å². The molecule has 0 unspecified atom stereocenters. The van der Waals surface area contributed by atoms with Gasteiger partial charge in [0.25, 0.3) is 0 Å². The van der Waals surface area contributed by atoms with E-state index in [9.17, 15) is 0 Å². The standard InChI is InChI=1S/C14H18N6/c15-20-13-9-12(18-14(19-13)11-1-2-11)17-8-5-10-3-6-16-7-4-10/h3-4,6-7,9,11H,1-2,5,8,15H2,(H2,17,18,19,20). The minimum absolute atomic E-state index is 0.504. The van der Waals surface area contributed by atoms with Crippen molar-refractivity contribution >= 4 is 11.6 Å². The van der Waals surface area contributed by atoms with Gasteiger partial charge in [-0.25, -0.2) is 15.8 Å². The molecular formula is C14H18N6. The molecular weight excluding hydrogens is 252 g/mol. The van der Waals surface area contributed by atoms with Gasteiger partial charge < -0.3 is 10.7 Å². The topological polar surface area (TPSA) is 88.8 Å². The normalized spacial score (nSPS) is 14.1. The number of hydrogen-bond acceptors (Lipinski definition) is 6. The molecule has 0 radical (unpaired) electrons. The summed E-state index contributed by atoms with van der Waals surface area (Å²) in [6.07, 6.45) is 6.88. The van der Waals surface area contributed by atoms with E-state index in [2.05, 4.69) is 25.7 Å². The zero-order chi connectivity index (χ0) is 13.8. The quantitative estimate of drug-likeness (QED) is 0.547. The summed E-state index contributed by atoms with van der Waals surface area (Å²) in [5.74, 6) is 8.32. The third-order valence-corrected chi connectivity index (χ3v) is 3.30. The number of nitrogens with zero attached hydrogens (tertiary/aromatic N) is 3. The van der Waals surface area contributed by atoms with Gasteiger partial charge in [-0.15, -0.1) is 0 Å². The lowest BCUT2D eigenvalue weighted by molar-refractivity contribution is 0.913. The van der Waals surface area contributed by atoms with Crippen molar-refractivity contribution in [2.45, 2.75) is 25.2 Å². The van der Waals surface area contributed by atoms with Crippen LogP contribution in [0.3, 0.4) is 0 Å². The zero-order valence-corrected chi connectivity index (χ0v) is 11.2. The smallest absolute Gasteiger partial charge is 0.145 e. The lowest BCUT2D eigenvalue weighted by Gasteiger charge is -2.09. The van der Waals surface area contributed by atoms with Gasteiger partial charge in [-0.05, 0) is 37.0 Å². The number of pyridine rings is 1. The fraction of sp³-hybridized carbons (Fsp3) is 0.357. The molecule has 2 aromatic rings. The molecule has 6 heteroatoms. The molecule has 6 nitrogen and oxygen atoms in total. The van der Waals surface area contributed by atoms with Crippen LogP contribution in [0.25, 0.3) is 0 Å². The second-order valence-electron chi connectivity index (χ2n) is 4.95. The lowest BCUT2D eigenvalue weighted by Crippen LogP contribution is -2.13. The molecule has 0 aromatic carbocycles. The van der Waals surface area contributed by atoms with E-state index in [1.165, 1.54) is 18.4 Å². The number of hydrazine groups is 1. The Morgan fingerprint density at radius 2 is 1.90 bits per heavy atom. The van der Waals surface area contributed by atoms with Crippen LogP contribution < -0.4 is 16.6 Å². The van der Waals surface area contributed by atoms with Gasteiger partial charge in [-0.1, -0.05) is 0 Å². The average molecular weight is 270 g/mol. The number of anilines is 2. The number of rotatable bonds is 6. The van der Waals surface area contributed by atoms with Gasteiger partial charge in [0.05, 0.1) is 0 Å². The summed E-state index contributed by atoms with van der Waals surface area (Å²) in [7, 11) is 0. The number of nitrogen functional groups attached to an aromatic ring is 1. The maximum Gasteiger partial charge on any atom is 0.145 e. The van der Waals surface area contributed by atoms with E-state index in [1.54, 1.807) is 0 Å². The maximum atomic E-state index is 5.45. The summed E-state index contributed by atoms with van der Waals surface area (Å²) in [6.45, 7) is 0.815. The molecule has 1 aliphatic rings. The Hall–Kier alpha value is -2.21. The summed E-state index contributed by atoms with van der Waals surface area (Å²) < 4.78 is 0. The average Bonchev–Trinajstić information content (AvgIpc) is 3.33. The Morgan fingerprint density at radius 3 is 2.60 bits per heavy atom. The number of nitrogens with one attached hydrogen (secondary N) is 2. The molecule has 3 rings (SSSR count). The summed E-state index contributed by atoms with van der Waals surface area (Å²) in [5, 5.41) is 3.32. The molecule has 0 saturated heterocycles. The molecule has 2 heterocycles. The second-order valence-corrected chi connectivity index (χ2v) is 4.95. The van der Waals surface area contributed by atoms with E-state index in [1.807, 2.05) is 30.6 Å². The van der Waals surface area contributed by atoms with Gasteiger partial charge in [-0.2, -0.15) is 0 Å². The van der Waals surface area contributed by atoms with Crippen LogP contribution in [0, 0.1) is 0 Å². The van der Waals surface area contributed by atoms with Gasteiger partial charge in [0, 0.05) is 30.9 Å². The van der Waals surface area contributed by atoms with E-state index < -0.39 is 0 Å². The second kappa shape index (κ2) is 5.83. The van der Waals surface area contributed by atoms with Crippen LogP contribution in [-0.4, -0.2) is 21.5 Å². The van der Waals surface area contributed by atoms with Crippen molar-refractivity contribution in [3.63, 3.8) is 0 Å². The lowest BCUT2D eigenvalue weighted by atomic mass is 10.2. The number of hydrogen-bond donors (Lipinski definition) is 3. The van der Waals surface area contributed by atoms with Crippen molar-refractivity contribution in [3.05, 3.63) is 42.0 Å². The Labute approximate surface area is 117 Å². The summed E-state index contributed by atoms with van der Waals surface area (Å²) in [4.78, 5) is 12.9. The van der Waals surface area contributed by atoms with Crippen molar-refractivity contribution in [1.82, 2.24) is 15.0 Å². The van der Waals surface area contributed by atoms with Crippen molar-refractivity contribution in [3.8, 4) is 0 Å². The van der Waals surface area contributed by atoms with E-state index in [4.69, 9.17) is 5.84 Å². The van der Waals surface area contributed by atoms with Crippen LogP contribution in [0.1, 0.15) is 30.1 Å². The monoisotopic (exact) mass is 270 g/mol. The fourth-order valence-electron chi connectivity index (χ4n) is 2.04. The first-order valence-corrected chi connectivity index (χ1v) is 6.83. The molecule has 1 saturated carbocycles. The van der Waals surface area contributed by atoms with Crippen molar-refractivity contribution in [1.29, 1.82) is 0 Å². The first kappa shape index (κ1) is 12.8. The third kappa shape index (κ3) is 3.21. The maximum absolute atomic E-state index is 5.45. The molecule has 20 heavy (non-hydrogen) atoms. The van der Waals surface area contributed by atoms with Gasteiger partial charge in [0.1, 0.15) is 17.5 Å². The van der Waals surface area contributed by atoms with Gasteiger partial charge in [0.15, 0.2) is 0 Å². The molecule has 0 aliphatic heterocycles.